The molecule has 8 unspecified atom stereocenters. The summed E-state index contributed by atoms with van der Waals surface area (Å²) in [6, 6.07) is 18.2. The summed E-state index contributed by atoms with van der Waals surface area (Å²) >= 11 is 0. The van der Waals surface area contributed by atoms with Crippen molar-refractivity contribution in [2.45, 2.75) is 78.6 Å². The maximum Gasteiger partial charge on any atom is 0.335 e. The molecular weight excluding hydrogens is 508 g/mol. The van der Waals surface area contributed by atoms with Gasteiger partial charge in [0, 0.05) is 17.9 Å². The molecular formula is C37H46O4. The topological polar surface area (TPSA) is 71.4 Å². The lowest BCUT2D eigenvalue weighted by Crippen LogP contribution is -2.56. The van der Waals surface area contributed by atoms with Crippen molar-refractivity contribution in [2.24, 2.45) is 46.3 Å². The van der Waals surface area contributed by atoms with Gasteiger partial charge in [-0.2, -0.15) is 0 Å². The molecule has 0 radical (unpaired) electrons. The summed E-state index contributed by atoms with van der Waals surface area (Å²) in [4.78, 5) is 36.1. The number of carboxylic acid groups (broad SMARTS) is 1. The van der Waals surface area contributed by atoms with E-state index in [0.29, 0.717) is 58.6 Å². The summed E-state index contributed by atoms with van der Waals surface area (Å²) in [6.45, 7) is 11.2. The monoisotopic (exact) mass is 554 g/mol. The summed E-state index contributed by atoms with van der Waals surface area (Å²) in [5.41, 5.74) is 3.10. The van der Waals surface area contributed by atoms with Crippen LogP contribution in [0.1, 0.15) is 99.3 Å². The molecule has 0 spiro atoms. The number of hydrogen-bond donors (Lipinski definition) is 1. The average molecular weight is 555 g/mol. The molecule has 4 aliphatic rings. The molecule has 0 aliphatic heterocycles. The van der Waals surface area contributed by atoms with Crippen LogP contribution >= 0.6 is 0 Å². The van der Waals surface area contributed by atoms with Crippen molar-refractivity contribution in [3.05, 3.63) is 83.9 Å². The van der Waals surface area contributed by atoms with E-state index in [2.05, 4.69) is 20.4 Å². The van der Waals surface area contributed by atoms with Gasteiger partial charge in [-0.05, 0) is 111 Å². The van der Waals surface area contributed by atoms with Crippen LogP contribution in [0.25, 0.3) is 0 Å². The Bertz CT molecular complexity index is 1280. The van der Waals surface area contributed by atoms with Crippen molar-refractivity contribution < 1.29 is 19.5 Å². The number of benzene rings is 2. The van der Waals surface area contributed by atoms with Gasteiger partial charge < -0.3 is 5.11 Å². The zero-order chi connectivity index (χ0) is 29.4. The van der Waals surface area contributed by atoms with Gasteiger partial charge >= 0.3 is 5.97 Å². The third-order valence-corrected chi connectivity index (χ3v) is 11.9. The molecule has 0 amide bonds. The number of carboxylic acids is 1. The van der Waals surface area contributed by atoms with Gasteiger partial charge in [0.2, 0.25) is 0 Å². The molecule has 0 saturated heterocycles. The first-order valence-electron chi connectivity index (χ1n) is 15.6. The Morgan fingerprint density at radius 1 is 0.854 bits per heavy atom. The van der Waals surface area contributed by atoms with Crippen LogP contribution in [0.15, 0.2) is 72.8 Å². The predicted molar refractivity (Wildman–Crippen MR) is 163 cm³/mol. The third kappa shape index (κ3) is 5.59. The number of allylic oxidation sites excluding steroid dienone is 1. The summed E-state index contributed by atoms with van der Waals surface area (Å²) in [6.07, 6.45) is 10.0. The van der Waals surface area contributed by atoms with E-state index in [9.17, 15) is 14.4 Å². The van der Waals surface area contributed by atoms with Gasteiger partial charge in [0.05, 0.1) is 5.56 Å². The smallest absolute Gasteiger partial charge is 0.335 e. The Morgan fingerprint density at radius 2 is 1.46 bits per heavy atom. The van der Waals surface area contributed by atoms with Gasteiger partial charge in [-0.1, -0.05) is 74.5 Å². The molecule has 4 nitrogen and oxygen atoms in total. The highest BCUT2D eigenvalue weighted by Crippen LogP contribution is 2.69. The number of carbonyl (C=O) groups excluding carboxylic acids is 2. The molecule has 41 heavy (non-hydrogen) atoms. The van der Waals surface area contributed by atoms with Crippen LogP contribution in [0, 0.1) is 46.3 Å². The lowest BCUT2D eigenvalue weighted by atomic mass is 9.42. The molecule has 2 aromatic rings. The first-order valence-corrected chi connectivity index (χ1v) is 15.6. The minimum absolute atomic E-state index is 0.127. The lowest BCUT2D eigenvalue weighted by molar-refractivity contribution is -0.142. The minimum Gasteiger partial charge on any atom is -0.478 e. The number of Topliss-reactive ketones (excluding diaryl/α,β-unsaturated/α-hetero) is 2. The number of rotatable bonds is 5. The predicted octanol–water partition coefficient (Wildman–Crippen LogP) is 8.67. The van der Waals surface area contributed by atoms with E-state index in [1.807, 2.05) is 37.3 Å². The van der Waals surface area contributed by atoms with Gasteiger partial charge in [0.25, 0.3) is 0 Å². The fraction of sp³-hybridized carbons (Fsp3) is 0.541. The molecule has 0 aromatic heterocycles. The normalized spacial score (nSPS) is 35.6. The first-order chi connectivity index (χ1) is 19.5. The van der Waals surface area contributed by atoms with Crippen molar-refractivity contribution in [2.75, 3.05) is 0 Å². The zero-order valence-corrected chi connectivity index (χ0v) is 25.0. The maximum absolute atomic E-state index is 13.4. The highest BCUT2D eigenvalue weighted by molar-refractivity contribution is 5.96. The molecule has 1 N–H and O–H groups in total. The largest absolute Gasteiger partial charge is 0.478 e. The third-order valence-electron chi connectivity index (χ3n) is 11.9. The second-order valence-electron chi connectivity index (χ2n) is 13.9. The molecule has 4 saturated carbocycles. The fourth-order valence-corrected chi connectivity index (χ4v) is 9.77. The highest BCUT2D eigenvalue weighted by Gasteiger charge is 2.62. The Balaban J connectivity index is 0.000000321. The Labute approximate surface area is 245 Å². The standard InChI is InChI=1S/C30H40O2.C7H6O2/c1-19-12-14-29(3)23(16-19)17-22(18-27(32)21-8-6-5-7-9-21)28-25-11-10-24(20(2)31)30(25,4)15-13-26(28)29;8-7(9)6-4-2-1-3-5-6/h5-9,22-26,28H,1,10-18H2,2-4H3;1-5H,(H,8,9). The van der Waals surface area contributed by atoms with Crippen LogP contribution in [0.3, 0.4) is 0 Å². The van der Waals surface area contributed by atoms with Gasteiger partial charge in [-0.3, -0.25) is 9.59 Å². The van der Waals surface area contributed by atoms with Crippen molar-refractivity contribution in [1.82, 2.24) is 0 Å². The quantitative estimate of drug-likeness (QED) is 0.296. The van der Waals surface area contributed by atoms with E-state index >= 15 is 0 Å². The summed E-state index contributed by atoms with van der Waals surface area (Å²) in [5, 5.41) is 8.38. The van der Waals surface area contributed by atoms with Crippen LogP contribution in [-0.2, 0) is 4.79 Å². The Kier molecular flexibility index (Phi) is 8.41. The molecule has 2 aromatic carbocycles. The maximum atomic E-state index is 13.4. The van der Waals surface area contributed by atoms with E-state index < -0.39 is 5.97 Å². The lowest BCUT2D eigenvalue weighted by Gasteiger charge is -2.63. The Hall–Kier alpha value is -3.01. The van der Waals surface area contributed by atoms with Crippen LogP contribution in [-0.4, -0.2) is 22.6 Å². The van der Waals surface area contributed by atoms with Crippen LogP contribution in [0.2, 0.25) is 0 Å². The van der Waals surface area contributed by atoms with Gasteiger partial charge in [0.15, 0.2) is 5.78 Å². The number of carbonyl (C=O) groups is 3. The van der Waals surface area contributed by atoms with Crippen LogP contribution < -0.4 is 0 Å². The van der Waals surface area contributed by atoms with E-state index in [1.54, 1.807) is 30.3 Å². The van der Waals surface area contributed by atoms with E-state index in [0.717, 1.165) is 24.8 Å². The van der Waals surface area contributed by atoms with Gasteiger partial charge in [-0.25, -0.2) is 4.79 Å². The van der Waals surface area contributed by atoms with Crippen LogP contribution in [0.5, 0.6) is 0 Å². The summed E-state index contributed by atoms with van der Waals surface area (Å²) in [7, 11) is 0. The SMILES string of the molecule is C=C1CCC2(C)C(C1)CC(CC(=O)c1ccccc1)C1C2CCC2(C)C(C(C)=O)CCC12.O=C(O)c1ccccc1. The van der Waals surface area contributed by atoms with E-state index in [4.69, 9.17) is 5.11 Å². The molecule has 4 fully saturated rings. The molecule has 0 heterocycles. The number of aromatic carboxylic acids is 1. The molecule has 218 valence electrons. The molecule has 6 rings (SSSR count). The number of hydrogen-bond acceptors (Lipinski definition) is 3. The summed E-state index contributed by atoms with van der Waals surface area (Å²) < 4.78 is 0. The molecule has 4 aliphatic carbocycles. The van der Waals surface area contributed by atoms with Crippen molar-refractivity contribution >= 4 is 17.5 Å². The fourth-order valence-electron chi connectivity index (χ4n) is 9.77. The van der Waals surface area contributed by atoms with Gasteiger partial charge in [0.1, 0.15) is 5.78 Å². The Morgan fingerprint density at radius 3 is 2.05 bits per heavy atom. The van der Waals surface area contributed by atoms with Crippen molar-refractivity contribution in [3.63, 3.8) is 0 Å². The van der Waals surface area contributed by atoms with E-state index in [1.165, 1.54) is 37.7 Å². The first kappa shape index (κ1) is 29.5. The molecule has 8 atom stereocenters. The summed E-state index contributed by atoms with van der Waals surface area (Å²) in [5.74, 6) is 2.99. The average Bonchev–Trinajstić information content (AvgIpc) is 3.32. The molecule has 4 heteroatoms. The van der Waals surface area contributed by atoms with Gasteiger partial charge in [-0.15, -0.1) is 0 Å². The van der Waals surface area contributed by atoms with E-state index in [-0.39, 0.29) is 11.3 Å². The zero-order valence-electron chi connectivity index (χ0n) is 25.0. The van der Waals surface area contributed by atoms with Crippen molar-refractivity contribution in [3.8, 4) is 0 Å². The minimum atomic E-state index is -0.879. The molecule has 0 bridgehead atoms. The number of fused-ring (bicyclic) bond motifs is 5. The highest BCUT2D eigenvalue weighted by atomic mass is 16.4. The van der Waals surface area contributed by atoms with Crippen LogP contribution in [0.4, 0.5) is 0 Å². The van der Waals surface area contributed by atoms with Crippen molar-refractivity contribution in [1.29, 1.82) is 0 Å². The number of ketones is 2. The second-order valence-corrected chi connectivity index (χ2v) is 13.9. The second kappa shape index (κ2) is 11.7.